The lowest BCUT2D eigenvalue weighted by atomic mass is 10.1. The average Bonchev–Trinajstić information content (AvgIpc) is 2.78. The molecule has 11 heteroatoms. The molecule has 146 valence electrons. The Kier molecular flexibility index (Phi) is 5.56. The Morgan fingerprint density at radius 3 is 2.42 bits per heavy atom. The summed E-state index contributed by atoms with van der Waals surface area (Å²) in [6.07, 6.45) is -5.55. The third kappa shape index (κ3) is 3.80. The van der Waals surface area contributed by atoms with Gasteiger partial charge in [0.25, 0.3) is 5.56 Å². The summed E-state index contributed by atoms with van der Waals surface area (Å²) in [5, 5.41) is 30.5. The summed E-state index contributed by atoms with van der Waals surface area (Å²) in [5.41, 5.74) is -2.57. The summed E-state index contributed by atoms with van der Waals surface area (Å²) in [7, 11) is 0. The van der Waals surface area contributed by atoms with Crippen LogP contribution >= 0.6 is 0 Å². The Bertz CT molecular complexity index is 780. The highest BCUT2D eigenvalue weighted by Crippen LogP contribution is 2.32. The maximum Gasteiger partial charge on any atom is 0.332 e. The molecule has 0 bridgehead atoms. The molecule has 0 radical (unpaired) electrons. The number of carbonyl (C=O) groups excluding carboxylic acids is 1. The molecule has 1 aromatic rings. The molecular weight excluding hydrogens is 350 g/mol. The minimum Gasteiger partial charge on any atom is -0.394 e. The Balaban J connectivity index is 2.66. The van der Waals surface area contributed by atoms with Crippen LogP contribution in [0.15, 0.2) is 15.7 Å². The highest BCUT2D eigenvalue weighted by Gasteiger charge is 2.45. The van der Waals surface area contributed by atoms with Crippen molar-refractivity contribution in [1.29, 1.82) is 0 Å². The van der Waals surface area contributed by atoms with E-state index in [9.17, 15) is 29.7 Å². The first kappa shape index (κ1) is 20.1. The van der Waals surface area contributed by atoms with E-state index in [2.05, 4.69) is 0 Å². The summed E-state index contributed by atoms with van der Waals surface area (Å²) < 4.78 is 6.23. The van der Waals surface area contributed by atoms with E-state index in [0.29, 0.717) is 0 Å². The third-order valence-corrected chi connectivity index (χ3v) is 3.76. The van der Waals surface area contributed by atoms with E-state index in [1.807, 2.05) is 4.98 Å². The molecule has 4 N–H and O–H groups in total. The van der Waals surface area contributed by atoms with Gasteiger partial charge in [0, 0.05) is 13.0 Å². The van der Waals surface area contributed by atoms with Gasteiger partial charge in [-0.05, 0) is 20.8 Å². The summed E-state index contributed by atoms with van der Waals surface area (Å²) in [5.74, 6) is -0.850. The molecule has 1 aromatic heterocycles. The Labute approximate surface area is 148 Å². The number of hydrogen-bond donors (Lipinski definition) is 4. The second-order valence-corrected chi connectivity index (χ2v) is 6.94. The summed E-state index contributed by atoms with van der Waals surface area (Å²) in [6.45, 7) is 5.58. The summed E-state index contributed by atoms with van der Waals surface area (Å²) in [4.78, 5) is 42.9. The van der Waals surface area contributed by atoms with Crippen LogP contribution in [0.2, 0.25) is 0 Å². The molecule has 1 aliphatic rings. The first-order chi connectivity index (χ1) is 12.0. The molecular formula is C15H23N3O8. The number of anilines is 1. The van der Waals surface area contributed by atoms with E-state index in [1.54, 1.807) is 20.8 Å². The Morgan fingerprint density at radius 1 is 1.35 bits per heavy atom. The van der Waals surface area contributed by atoms with Gasteiger partial charge < -0.3 is 24.9 Å². The van der Waals surface area contributed by atoms with Crippen molar-refractivity contribution in [1.82, 2.24) is 9.55 Å². The van der Waals surface area contributed by atoms with Crippen LogP contribution in [-0.2, 0) is 14.4 Å². The zero-order chi connectivity index (χ0) is 19.8. The molecule has 1 saturated heterocycles. The van der Waals surface area contributed by atoms with Gasteiger partial charge in [-0.3, -0.25) is 14.6 Å². The van der Waals surface area contributed by atoms with Gasteiger partial charge in [0.1, 0.15) is 18.3 Å². The quantitative estimate of drug-likeness (QED) is 0.449. The van der Waals surface area contributed by atoms with Gasteiger partial charge in [-0.25, -0.2) is 9.36 Å². The van der Waals surface area contributed by atoms with Crippen molar-refractivity contribution in [3.05, 3.63) is 26.9 Å². The normalized spacial score (nSPS) is 26.0. The Hall–Kier alpha value is -2.21. The molecule has 0 amide bonds. The van der Waals surface area contributed by atoms with Gasteiger partial charge in [0.15, 0.2) is 12.0 Å². The van der Waals surface area contributed by atoms with Crippen LogP contribution in [-0.4, -0.2) is 61.3 Å². The highest BCUT2D eigenvalue weighted by molar-refractivity contribution is 5.67. The van der Waals surface area contributed by atoms with Crippen molar-refractivity contribution >= 4 is 11.8 Å². The van der Waals surface area contributed by atoms with Crippen molar-refractivity contribution in [2.45, 2.75) is 57.8 Å². The number of rotatable bonds is 4. The maximum atomic E-state index is 12.4. The zero-order valence-electron chi connectivity index (χ0n) is 14.9. The molecule has 2 rings (SSSR count). The first-order valence-electron chi connectivity index (χ1n) is 7.94. The second kappa shape index (κ2) is 7.19. The fourth-order valence-electron chi connectivity index (χ4n) is 2.64. The van der Waals surface area contributed by atoms with E-state index in [4.69, 9.17) is 9.57 Å². The highest BCUT2D eigenvalue weighted by atomic mass is 16.7. The van der Waals surface area contributed by atoms with E-state index < -0.39 is 53.9 Å². The van der Waals surface area contributed by atoms with Crippen LogP contribution in [0.4, 0.5) is 5.82 Å². The van der Waals surface area contributed by atoms with Crippen LogP contribution in [0, 0.1) is 0 Å². The number of aliphatic hydroxyl groups excluding tert-OH is 3. The number of ether oxygens (including phenoxy) is 1. The van der Waals surface area contributed by atoms with E-state index in [-0.39, 0.29) is 5.82 Å². The zero-order valence-corrected chi connectivity index (χ0v) is 14.9. The van der Waals surface area contributed by atoms with Crippen molar-refractivity contribution < 1.29 is 29.7 Å². The molecule has 0 aliphatic carbocycles. The van der Waals surface area contributed by atoms with Crippen molar-refractivity contribution in [2.75, 3.05) is 11.7 Å². The number of carbonyl (C=O) groups is 1. The molecule has 1 aliphatic heterocycles. The molecule has 1 fully saturated rings. The predicted molar refractivity (Wildman–Crippen MR) is 88.3 cm³/mol. The van der Waals surface area contributed by atoms with Gasteiger partial charge in [-0.15, -0.1) is 0 Å². The predicted octanol–water partition coefficient (Wildman–Crippen LogP) is -1.77. The number of H-pyrrole nitrogens is 1. The number of aromatic amines is 1. The minimum absolute atomic E-state index is 0.156. The monoisotopic (exact) mass is 373 g/mol. The lowest BCUT2D eigenvalue weighted by Crippen LogP contribution is -2.48. The van der Waals surface area contributed by atoms with Gasteiger partial charge >= 0.3 is 11.7 Å². The van der Waals surface area contributed by atoms with Crippen LogP contribution in [0.25, 0.3) is 0 Å². The second-order valence-electron chi connectivity index (χ2n) is 6.94. The number of nitrogens with zero attached hydrogens (tertiary/aromatic N) is 2. The van der Waals surface area contributed by atoms with E-state index in [1.165, 1.54) is 0 Å². The average molecular weight is 373 g/mol. The third-order valence-electron chi connectivity index (χ3n) is 3.76. The number of nitrogens with one attached hydrogen (secondary N) is 1. The summed E-state index contributed by atoms with van der Waals surface area (Å²) >= 11 is 0. The molecule has 26 heavy (non-hydrogen) atoms. The molecule has 0 saturated carbocycles. The lowest BCUT2D eigenvalue weighted by Gasteiger charge is -2.36. The van der Waals surface area contributed by atoms with E-state index >= 15 is 0 Å². The van der Waals surface area contributed by atoms with Crippen molar-refractivity contribution in [2.24, 2.45) is 0 Å². The molecule has 0 aromatic carbocycles. The fourth-order valence-corrected chi connectivity index (χ4v) is 2.64. The molecule has 4 atom stereocenters. The number of hydroxylamine groups is 1. The first-order valence-corrected chi connectivity index (χ1v) is 7.94. The van der Waals surface area contributed by atoms with Crippen LogP contribution < -0.4 is 16.3 Å². The minimum atomic E-state index is -1.56. The topological polar surface area (TPSA) is 154 Å². The number of aromatic nitrogens is 2. The SMILES string of the molecule is CC(=O)ON(c1cc(=O)[nH]c(=O)n1[C@@H]1O[C@H](CO)[C@@H](O)[C@H]1O)C(C)(C)C. The van der Waals surface area contributed by atoms with Gasteiger partial charge in [-0.2, -0.15) is 5.06 Å². The smallest absolute Gasteiger partial charge is 0.332 e. The fraction of sp³-hybridized carbons (Fsp3) is 0.667. The van der Waals surface area contributed by atoms with Crippen molar-refractivity contribution in [3.63, 3.8) is 0 Å². The molecule has 0 unspecified atom stereocenters. The van der Waals surface area contributed by atoms with Crippen molar-refractivity contribution in [3.8, 4) is 0 Å². The lowest BCUT2D eigenvalue weighted by molar-refractivity contribution is -0.145. The molecule has 11 nitrogen and oxygen atoms in total. The van der Waals surface area contributed by atoms with Crippen LogP contribution in [0.1, 0.15) is 33.9 Å². The standard InChI is InChI=1S/C15H23N3O8/c1-7(20)26-18(15(2,3)4)10-5-9(21)16-14(24)17(10)13-12(23)11(22)8(6-19)25-13/h5,8,11-13,19,22-23H,6H2,1-4H3,(H,16,21,24)/t8-,11-,12-,13-/m1/s1. The van der Waals surface area contributed by atoms with Crippen LogP contribution in [0.5, 0.6) is 0 Å². The number of hydrogen-bond acceptors (Lipinski definition) is 9. The van der Waals surface area contributed by atoms with Gasteiger partial charge in [-0.1, -0.05) is 0 Å². The number of aliphatic hydroxyl groups is 3. The molecule has 0 spiro atoms. The largest absolute Gasteiger partial charge is 0.394 e. The van der Waals surface area contributed by atoms with Gasteiger partial charge in [0.2, 0.25) is 0 Å². The molecule has 2 heterocycles. The summed E-state index contributed by atoms with van der Waals surface area (Å²) in [6, 6.07) is 1.00. The Morgan fingerprint density at radius 2 is 1.96 bits per heavy atom. The van der Waals surface area contributed by atoms with Gasteiger partial charge in [0.05, 0.1) is 12.1 Å². The maximum absolute atomic E-state index is 12.4. The van der Waals surface area contributed by atoms with Crippen LogP contribution in [0.3, 0.4) is 0 Å². The van der Waals surface area contributed by atoms with E-state index in [0.717, 1.165) is 22.6 Å².